The van der Waals surface area contributed by atoms with Gasteiger partial charge in [0.25, 0.3) is 5.69 Å². The van der Waals surface area contributed by atoms with Crippen LogP contribution >= 0.6 is 11.6 Å². The second-order valence-electron chi connectivity index (χ2n) is 2.78. The first kappa shape index (κ1) is 11.9. The number of phenolic OH excluding ortho intramolecular Hbond substituents is 1. The van der Waals surface area contributed by atoms with Gasteiger partial charge in [0.15, 0.2) is 5.78 Å². The summed E-state index contributed by atoms with van der Waals surface area (Å²) in [6.45, 7) is 0. The lowest BCUT2D eigenvalue weighted by Crippen LogP contribution is -2.08. The van der Waals surface area contributed by atoms with Gasteiger partial charge in [-0.05, 0) is 6.07 Å². The molecular weight excluding hydrogens is 236 g/mol. The summed E-state index contributed by atoms with van der Waals surface area (Å²) in [5.41, 5.74) is -1.43. The molecule has 0 aromatic heterocycles. The third-order valence-electron chi connectivity index (χ3n) is 1.87. The Morgan fingerprint density at radius 2 is 2.25 bits per heavy atom. The fourth-order valence-electron chi connectivity index (χ4n) is 1.20. The minimum Gasteiger partial charge on any atom is -0.507 e. The molecule has 1 N–H and O–H groups in total. The lowest BCUT2D eigenvalue weighted by Gasteiger charge is -2.03. The van der Waals surface area contributed by atoms with Gasteiger partial charge in [0.1, 0.15) is 22.9 Å². The van der Waals surface area contributed by atoms with E-state index in [0.717, 1.165) is 12.1 Å². The molecule has 0 aliphatic carbocycles. The van der Waals surface area contributed by atoms with Crippen molar-refractivity contribution in [1.29, 1.82) is 5.26 Å². The summed E-state index contributed by atoms with van der Waals surface area (Å²) >= 11 is 5.28. The zero-order chi connectivity index (χ0) is 12.3. The summed E-state index contributed by atoms with van der Waals surface area (Å²) in [5.74, 6) is -1.76. The van der Waals surface area contributed by atoms with Crippen LogP contribution in [0, 0.1) is 21.4 Å². The molecule has 0 saturated carbocycles. The largest absolute Gasteiger partial charge is 0.507 e. The van der Waals surface area contributed by atoms with E-state index in [0.29, 0.717) is 0 Å². The van der Waals surface area contributed by atoms with Crippen LogP contribution in [0.4, 0.5) is 5.69 Å². The summed E-state index contributed by atoms with van der Waals surface area (Å²) in [4.78, 5) is 21.2. The maximum Gasteiger partial charge on any atom is 0.281 e. The lowest BCUT2D eigenvalue weighted by atomic mass is 10.0. The normalized spacial score (nSPS) is 9.50. The Kier molecular flexibility index (Phi) is 3.43. The molecule has 1 aromatic carbocycles. The molecule has 6 nitrogen and oxygen atoms in total. The van der Waals surface area contributed by atoms with Crippen LogP contribution in [0.3, 0.4) is 0 Å². The van der Waals surface area contributed by atoms with E-state index in [1.54, 1.807) is 6.07 Å². The fraction of sp³-hybridized carbons (Fsp3) is 0.111. The molecule has 0 heterocycles. The third-order valence-corrected chi connectivity index (χ3v) is 2.11. The molecule has 0 atom stereocenters. The number of hydrogen-bond donors (Lipinski definition) is 1. The Labute approximate surface area is 94.8 Å². The molecule has 0 fully saturated rings. The molecule has 0 aliphatic heterocycles. The number of nitrogens with zero attached hydrogens (tertiary/aromatic N) is 2. The van der Waals surface area contributed by atoms with Crippen molar-refractivity contribution in [2.24, 2.45) is 0 Å². The highest BCUT2D eigenvalue weighted by Gasteiger charge is 2.25. The number of aromatic hydroxyl groups is 1. The molecule has 0 bridgehead atoms. The number of Topliss-reactive ketones (excluding diaryl/α,β-unsaturated/α-hetero) is 1. The van der Waals surface area contributed by atoms with E-state index >= 15 is 0 Å². The summed E-state index contributed by atoms with van der Waals surface area (Å²) in [6, 6.07) is 3.48. The van der Waals surface area contributed by atoms with E-state index < -0.39 is 39.2 Å². The highest BCUT2D eigenvalue weighted by atomic mass is 35.5. The molecule has 7 heteroatoms. The molecule has 16 heavy (non-hydrogen) atoms. The number of nitriles is 1. The SMILES string of the molecule is N#Cc1c(O)ccc([N+](=O)[O-])c1C(=O)CCl. The molecule has 0 spiro atoms. The van der Waals surface area contributed by atoms with Crippen LogP contribution in [0.2, 0.25) is 0 Å². The molecule has 82 valence electrons. The molecule has 1 rings (SSSR count). The van der Waals surface area contributed by atoms with Crippen molar-refractivity contribution in [3.8, 4) is 11.8 Å². The molecule has 0 radical (unpaired) electrons. The first-order chi connectivity index (χ1) is 7.52. The number of carbonyl (C=O) groups is 1. The quantitative estimate of drug-likeness (QED) is 0.374. The molecule has 0 aliphatic rings. The number of rotatable bonds is 3. The maximum atomic E-state index is 11.4. The standard InChI is InChI=1S/C9H5ClN2O4/c10-3-8(14)9-5(4-11)7(13)2-1-6(9)12(15)16/h1-2,13H,3H2. The zero-order valence-electron chi connectivity index (χ0n) is 7.81. The van der Waals surface area contributed by atoms with E-state index in [1.807, 2.05) is 0 Å². The van der Waals surface area contributed by atoms with Gasteiger partial charge in [-0.2, -0.15) is 5.26 Å². The Morgan fingerprint density at radius 1 is 1.62 bits per heavy atom. The Morgan fingerprint density at radius 3 is 2.69 bits per heavy atom. The van der Waals surface area contributed by atoms with Crippen LogP contribution in [0.1, 0.15) is 15.9 Å². The third kappa shape index (κ3) is 1.94. The number of benzene rings is 1. The van der Waals surface area contributed by atoms with E-state index in [9.17, 15) is 20.0 Å². The van der Waals surface area contributed by atoms with Gasteiger partial charge in [-0.15, -0.1) is 11.6 Å². The van der Waals surface area contributed by atoms with Crippen molar-refractivity contribution in [2.75, 3.05) is 5.88 Å². The van der Waals surface area contributed by atoms with Crippen molar-refractivity contribution in [3.63, 3.8) is 0 Å². The average molecular weight is 241 g/mol. The van der Waals surface area contributed by atoms with Crippen LogP contribution in [-0.2, 0) is 0 Å². The molecule has 0 amide bonds. The van der Waals surface area contributed by atoms with E-state index in [-0.39, 0.29) is 0 Å². The number of nitro groups is 1. The minimum atomic E-state index is -0.805. The van der Waals surface area contributed by atoms with Crippen molar-refractivity contribution in [1.82, 2.24) is 0 Å². The zero-order valence-corrected chi connectivity index (χ0v) is 8.56. The van der Waals surface area contributed by atoms with Crippen molar-refractivity contribution in [2.45, 2.75) is 0 Å². The number of halogens is 1. The monoisotopic (exact) mass is 240 g/mol. The number of hydrogen-bond acceptors (Lipinski definition) is 5. The van der Waals surface area contributed by atoms with Gasteiger partial charge < -0.3 is 5.11 Å². The topological polar surface area (TPSA) is 104 Å². The molecule has 0 saturated heterocycles. The van der Waals surface area contributed by atoms with Gasteiger partial charge in [-0.1, -0.05) is 0 Å². The van der Waals surface area contributed by atoms with Crippen LogP contribution in [0.15, 0.2) is 12.1 Å². The average Bonchev–Trinajstić information content (AvgIpc) is 2.27. The van der Waals surface area contributed by atoms with Gasteiger partial charge >= 0.3 is 0 Å². The second kappa shape index (κ2) is 4.59. The summed E-state index contributed by atoms with van der Waals surface area (Å²) in [7, 11) is 0. The second-order valence-corrected chi connectivity index (χ2v) is 3.05. The van der Waals surface area contributed by atoms with E-state index in [2.05, 4.69) is 0 Å². The van der Waals surface area contributed by atoms with E-state index in [1.165, 1.54) is 0 Å². The van der Waals surface area contributed by atoms with Crippen molar-refractivity contribution in [3.05, 3.63) is 33.4 Å². The molecule has 1 aromatic rings. The maximum absolute atomic E-state index is 11.4. The Hall–Kier alpha value is -2.13. The minimum absolute atomic E-state index is 0.431. The van der Waals surface area contributed by atoms with Crippen LogP contribution in [0.25, 0.3) is 0 Å². The first-order valence-electron chi connectivity index (χ1n) is 4.02. The first-order valence-corrected chi connectivity index (χ1v) is 4.56. The summed E-state index contributed by atoms with van der Waals surface area (Å²) in [5, 5.41) is 28.7. The van der Waals surface area contributed by atoms with Gasteiger partial charge in [0.05, 0.1) is 10.8 Å². The summed E-state index contributed by atoms with van der Waals surface area (Å²) < 4.78 is 0. The van der Waals surface area contributed by atoms with Crippen molar-refractivity contribution >= 4 is 23.1 Å². The van der Waals surface area contributed by atoms with Crippen LogP contribution < -0.4 is 0 Å². The fourth-order valence-corrected chi connectivity index (χ4v) is 1.33. The van der Waals surface area contributed by atoms with E-state index in [4.69, 9.17) is 16.9 Å². The van der Waals surface area contributed by atoms with Gasteiger partial charge in [-0.3, -0.25) is 14.9 Å². The van der Waals surface area contributed by atoms with Gasteiger partial charge in [0, 0.05) is 6.07 Å². The Bertz CT molecular complexity index is 507. The summed E-state index contributed by atoms with van der Waals surface area (Å²) in [6.07, 6.45) is 0. The van der Waals surface area contributed by atoms with Gasteiger partial charge in [-0.25, -0.2) is 0 Å². The highest BCUT2D eigenvalue weighted by molar-refractivity contribution is 6.31. The van der Waals surface area contributed by atoms with Gasteiger partial charge in [0.2, 0.25) is 0 Å². The highest BCUT2D eigenvalue weighted by Crippen LogP contribution is 2.29. The predicted molar refractivity (Wildman–Crippen MR) is 54.5 cm³/mol. The number of ketones is 1. The van der Waals surface area contributed by atoms with Crippen LogP contribution in [-0.4, -0.2) is 21.7 Å². The predicted octanol–water partition coefficient (Wildman–Crippen LogP) is 1.59. The number of carbonyl (C=O) groups excluding carboxylic acids is 1. The number of alkyl halides is 1. The lowest BCUT2D eigenvalue weighted by molar-refractivity contribution is -0.385. The van der Waals surface area contributed by atoms with Crippen LogP contribution in [0.5, 0.6) is 5.75 Å². The Balaban J connectivity index is 3.62. The number of nitro benzene ring substituents is 1. The smallest absolute Gasteiger partial charge is 0.281 e. The number of phenols is 1. The molecule has 0 unspecified atom stereocenters. The van der Waals surface area contributed by atoms with Crippen molar-refractivity contribution < 1.29 is 14.8 Å². The molecular formula is C9H5ClN2O4.